The molecule has 0 saturated carbocycles. The van der Waals surface area contributed by atoms with Crippen molar-refractivity contribution >= 4 is 35.6 Å². The molecule has 150 valence electrons. The first kappa shape index (κ1) is 23.9. The van der Waals surface area contributed by atoms with Gasteiger partial charge in [0, 0.05) is 24.8 Å². The van der Waals surface area contributed by atoms with Crippen LogP contribution in [-0.2, 0) is 17.9 Å². The van der Waals surface area contributed by atoms with Crippen LogP contribution in [0.4, 0.5) is 0 Å². The van der Waals surface area contributed by atoms with Crippen LogP contribution in [0, 0.1) is 0 Å². The van der Waals surface area contributed by atoms with Gasteiger partial charge < -0.3 is 19.5 Å². The second-order valence-corrected chi connectivity index (χ2v) is 6.60. The van der Waals surface area contributed by atoms with Gasteiger partial charge in [0.25, 0.3) is 0 Å². The summed E-state index contributed by atoms with van der Waals surface area (Å²) >= 11 is 12.3. The van der Waals surface area contributed by atoms with E-state index in [2.05, 4.69) is 5.32 Å². The van der Waals surface area contributed by atoms with Crippen LogP contribution in [0.15, 0.2) is 36.4 Å². The molecule has 0 atom stereocenters. The highest BCUT2D eigenvalue weighted by atomic mass is 35.5. The lowest BCUT2D eigenvalue weighted by Crippen LogP contribution is -2.16. The minimum Gasteiger partial charge on any atom is -0.493 e. The van der Waals surface area contributed by atoms with E-state index in [1.165, 1.54) is 0 Å². The van der Waals surface area contributed by atoms with Crippen molar-refractivity contribution in [3.05, 3.63) is 57.6 Å². The van der Waals surface area contributed by atoms with E-state index in [0.29, 0.717) is 34.7 Å². The topological polar surface area (TPSA) is 39.7 Å². The van der Waals surface area contributed by atoms with Crippen LogP contribution in [0.1, 0.15) is 24.5 Å². The van der Waals surface area contributed by atoms with E-state index in [0.717, 1.165) is 37.3 Å². The third kappa shape index (κ3) is 8.16. The van der Waals surface area contributed by atoms with Crippen LogP contribution >= 0.6 is 35.6 Å². The Kier molecular flexibility index (Phi) is 11.6. The van der Waals surface area contributed by atoms with Crippen LogP contribution in [0.25, 0.3) is 0 Å². The summed E-state index contributed by atoms with van der Waals surface area (Å²) in [6.45, 7) is 5.50. The van der Waals surface area contributed by atoms with Gasteiger partial charge in [0.05, 0.1) is 12.1 Å². The molecular formula is C20H26Cl3NO3. The lowest BCUT2D eigenvalue weighted by molar-refractivity contribution is 0.144. The molecule has 2 rings (SSSR count). The van der Waals surface area contributed by atoms with Crippen LogP contribution in [0.2, 0.25) is 10.0 Å². The molecular weight excluding hydrogens is 409 g/mol. The SMILES string of the molecule is CCOCCCNCc1cc(Cl)c(OCc2ccc(Cl)cc2)c(OC)c1.Cl. The zero-order valence-corrected chi connectivity index (χ0v) is 17.9. The predicted octanol–water partition coefficient (Wildman–Crippen LogP) is 5.52. The predicted molar refractivity (Wildman–Crippen MR) is 114 cm³/mol. The highest BCUT2D eigenvalue weighted by molar-refractivity contribution is 6.32. The van der Waals surface area contributed by atoms with Crippen molar-refractivity contribution < 1.29 is 14.2 Å². The number of nitrogens with one attached hydrogen (secondary N) is 1. The maximum Gasteiger partial charge on any atom is 0.180 e. The normalized spacial score (nSPS) is 10.4. The van der Waals surface area contributed by atoms with E-state index in [4.69, 9.17) is 37.4 Å². The smallest absolute Gasteiger partial charge is 0.180 e. The van der Waals surface area contributed by atoms with Gasteiger partial charge in [0.15, 0.2) is 11.5 Å². The Labute approximate surface area is 177 Å². The van der Waals surface area contributed by atoms with Crippen molar-refractivity contribution in [1.82, 2.24) is 5.32 Å². The largest absolute Gasteiger partial charge is 0.493 e. The minimum absolute atomic E-state index is 0. The van der Waals surface area contributed by atoms with Crippen LogP contribution in [0.5, 0.6) is 11.5 Å². The summed E-state index contributed by atoms with van der Waals surface area (Å²) in [5, 5.41) is 4.60. The lowest BCUT2D eigenvalue weighted by Gasteiger charge is -2.15. The molecule has 0 bridgehead atoms. The molecule has 0 fully saturated rings. The molecule has 4 nitrogen and oxygen atoms in total. The third-order valence-electron chi connectivity index (χ3n) is 3.76. The second kappa shape index (κ2) is 13.1. The molecule has 7 heteroatoms. The average Bonchev–Trinajstić information content (AvgIpc) is 2.64. The van der Waals surface area contributed by atoms with Crippen molar-refractivity contribution in [3.8, 4) is 11.5 Å². The van der Waals surface area contributed by atoms with Crippen molar-refractivity contribution in [2.24, 2.45) is 0 Å². The number of ether oxygens (including phenoxy) is 3. The van der Waals surface area contributed by atoms with Crippen LogP contribution in [-0.4, -0.2) is 26.9 Å². The molecule has 0 spiro atoms. The molecule has 0 amide bonds. The highest BCUT2D eigenvalue weighted by Crippen LogP contribution is 2.37. The van der Waals surface area contributed by atoms with Gasteiger partial charge in [0.1, 0.15) is 6.61 Å². The van der Waals surface area contributed by atoms with Gasteiger partial charge in [-0.1, -0.05) is 35.3 Å². The van der Waals surface area contributed by atoms with E-state index >= 15 is 0 Å². The summed E-state index contributed by atoms with van der Waals surface area (Å²) in [5.74, 6) is 1.17. The monoisotopic (exact) mass is 433 g/mol. The Morgan fingerprint density at radius 2 is 1.78 bits per heavy atom. The first-order valence-corrected chi connectivity index (χ1v) is 9.41. The Morgan fingerprint density at radius 1 is 1.04 bits per heavy atom. The van der Waals surface area contributed by atoms with Crippen LogP contribution < -0.4 is 14.8 Å². The standard InChI is InChI=1S/C20H25Cl2NO3.ClH/c1-3-25-10-4-9-23-13-16-11-18(22)20(19(12-16)24-2)26-14-15-5-7-17(21)8-6-15;/h5-8,11-12,23H,3-4,9-10,13-14H2,1-2H3;1H. The summed E-state index contributed by atoms with van der Waals surface area (Å²) in [7, 11) is 1.61. The molecule has 27 heavy (non-hydrogen) atoms. The van der Waals surface area contributed by atoms with E-state index in [1.807, 2.05) is 43.3 Å². The Hall–Kier alpha value is -1.17. The van der Waals surface area contributed by atoms with E-state index in [-0.39, 0.29) is 12.4 Å². The molecule has 1 N–H and O–H groups in total. The molecule has 0 aliphatic carbocycles. The third-order valence-corrected chi connectivity index (χ3v) is 4.29. The van der Waals surface area contributed by atoms with E-state index < -0.39 is 0 Å². The molecule has 0 aliphatic heterocycles. The van der Waals surface area contributed by atoms with Crippen molar-refractivity contribution in [3.63, 3.8) is 0 Å². The molecule has 0 heterocycles. The maximum atomic E-state index is 6.41. The van der Waals surface area contributed by atoms with Crippen molar-refractivity contribution in [2.45, 2.75) is 26.5 Å². The fraction of sp³-hybridized carbons (Fsp3) is 0.400. The van der Waals surface area contributed by atoms with Gasteiger partial charge in [-0.2, -0.15) is 0 Å². The van der Waals surface area contributed by atoms with Gasteiger partial charge >= 0.3 is 0 Å². The molecule has 0 aliphatic rings. The Morgan fingerprint density at radius 3 is 2.44 bits per heavy atom. The number of hydrogen-bond donors (Lipinski definition) is 1. The molecule has 0 aromatic heterocycles. The quantitative estimate of drug-likeness (QED) is 0.473. The number of methoxy groups -OCH3 is 1. The average molecular weight is 435 g/mol. The molecule has 0 unspecified atom stereocenters. The first-order chi connectivity index (χ1) is 12.6. The Balaban J connectivity index is 0.00000364. The maximum absolute atomic E-state index is 6.41. The van der Waals surface area contributed by atoms with Crippen molar-refractivity contribution in [2.75, 3.05) is 26.9 Å². The molecule has 2 aromatic carbocycles. The second-order valence-electron chi connectivity index (χ2n) is 5.75. The van der Waals surface area contributed by atoms with Crippen molar-refractivity contribution in [1.29, 1.82) is 0 Å². The van der Waals surface area contributed by atoms with E-state index in [9.17, 15) is 0 Å². The van der Waals surface area contributed by atoms with Gasteiger partial charge in [-0.15, -0.1) is 12.4 Å². The van der Waals surface area contributed by atoms with Gasteiger partial charge in [0.2, 0.25) is 0 Å². The molecule has 0 radical (unpaired) electrons. The fourth-order valence-electron chi connectivity index (χ4n) is 2.43. The van der Waals surface area contributed by atoms with Gasteiger partial charge in [-0.25, -0.2) is 0 Å². The number of rotatable bonds is 11. The van der Waals surface area contributed by atoms with Gasteiger partial charge in [-0.3, -0.25) is 0 Å². The number of halogens is 3. The summed E-state index contributed by atoms with van der Waals surface area (Å²) in [4.78, 5) is 0. The molecule has 2 aromatic rings. The molecule has 0 saturated heterocycles. The number of hydrogen-bond acceptors (Lipinski definition) is 4. The van der Waals surface area contributed by atoms with Crippen LogP contribution in [0.3, 0.4) is 0 Å². The Bertz CT molecular complexity index is 681. The zero-order valence-electron chi connectivity index (χ0n) is 15.6. The fourth-order valence-corrected chi connectivity index (χ4v) is 2.84. The zero-order chi connectivity index (χ0) is 18.8. The summed E-state index contributed by atoms with van der Waals surface area (Å²) in [6, 6.07) is 11.3. The van der Waals surface area contributed by atoms with E-state index in [1.54, 1.807) is 7.11 Å². The minimum atomic E-state index is 0. The summed E-state index contributed by atoms with van der Waals surface area (Å²) in [6.07, 6.45) is 0.973. The highest BCUT2D eigenvalue weighted by Gasteiger charge is 2.12. The number of benzene rings is 2. The van der Waals surface area contributed by atoms with Gasteiger partial charge in [-0.05, 0) is 55.3 Å². The summed E-state index contributed by atoms with van der Waals surface area (Å²) in [5.41, 5.74) is 2.05. The summed E-state index contributed by atoms with van der Waals surface area (Å²) < 4.78 is 16.7. The lowest BCUT2D eigenvalue weighted by atomic mass is 10.2. The first-order valence-electron chi connectivity index (χ1n) is 8.66.